The van der Waals surface area contributed by atoms with Gasteiger partial charge in [-0.25, -0.2) is 0 Å². The molecule has 0 aromatic heterocycles. The van der Waals surface area contributed by atoms with Crippen LogP contribution in [0.5, 0.6) is 0 Å². The van der Waals surface area contributed by atoms with Gasteiger partial charge < -0.3 is 10.6 Å². The first-order valence-corrected chi connectivity index (χ1v) is 8.27. The van der Waals surface area contributed by atoms with Crippen molar-refractivity contribution < 1.29 is 0 Å². The molecular formula is C16H32N2. The van der Waals surface area contributed by atoms with Crippen LogP contribution in [0.15, 0.2) is 0 Å². The molecule has 1 aliphatic heterocycles. The molecule has 18 heavy (non-hydrogen) atoms. The topological polar surface area (TPSA) is 29.3 Å². The first-order valence-electron chi connectivity index (χ1n) is 8.27. The Balaban J connectivity index is 1.75. The van der Waals surface area contributed by atoms with Crippen LogP contribution in [0.4, 0.5) is 0 Å². The van der Waals surface area contributed by atoms with Gasteiger partial charge in [0.2, 0.25) is 0 Å². The van der Waals surface area contributed by atoms with Gasteiger partial charge in [-0.15, -0.1) is 0 Å². The lowest BCUT2D eigenvalue weighted by Gasteiger charge is -2.41. The number of nitrogens with two attached hydrogens (primary N) is 1. The maximum atomic E-state index is 5.72. The summed E-state index contributed by atoms with van der Waals surface area (Å²) < 4.78 is 0. The van der Waals surface area contributed by atoms with Gasteiger partial charge in [-0.05, 0) is 69.9 Å². The first kappa shape index (κ1) is 14.3. The normalized spacial score (nSPS) is 34.7. The molecule has 106 valence electrons. The van der Waals surface area contributed by atoms with Crippen molar-refractivity contribution in [2.75, 3.05) is 19.6 Å². The predicted octanol–water partition coefficient (Wildman–Crippen LogP) is 3.41. The van der Waals surface area contributed by atoms with Gasteiger partial charge in [-0.3, -0.25) is 0 Å². The molecule has 2 heteroatoms. The summed E-state index contributed by atoms with van der Waals surface area (Å²) in [4.78, 5) is 2.80. The highest BCUT2D eigenvalue weighted by atomic mass is 15.2. The van der Waals surface area contributed by atoms with Gasteiger partial charge in [0.25, 0.3) is 0 Å². The van der Waals surface area contributed by atoms with Crippen LogP contribution in [0.25, 0.3) is 0 Å². The summed E-state index contributed by atoms with van der Waals surface area (Å²) in [6.07, 6.45) is 12.8. The zero-order valence-electron chi connectivity index (χ0n) is 12.2. The van der Waals surface area contributed by atoms with Gasteiger partial charge in [0, 0.05) is 12.6 Å². The number of piperidine rings is 1. The molecule has 0 aromatic carbocycles. The van der Waals surface area contributed by atoms with Crippen molar-refractivity contribution >= 4 is 0 Å². The van der Waals surface area contributed by atoms with Crippen LogP contribution in [0.2, 0.25) is 0 Å². The summed E-state index contributed by atoms with van der Waals surface area (Å²) in [6.45, 7) is 5.89. The van der Waals surface area contributed by atoms with E-state index in [1.165, 1.54) is 70.9 Å². The molecule has 1 heterocycles. The van der Waals surface area contributed by atoms with Crippen molar-refractivity contribution in [2.24, 2.45) is 17.6 Å². The second kappa shape index (κ2) is 7.49. The lowest BCUT2D eigenvalue weighted by Crippen LogP contribution is -2.44. The molecule has 1 saturated heterocycles. The van der Waals surface area contributed by atoms with Crippen molar-refractivity contribution in [3.05, 3.63) is 0 Å². The van der Waals surface area contributed by atoms with Crippen molar-refractivity contribution in [1.29, 1.82) is 0 Å². The molecule has 1 aliphatic carbocycles. The molecule has 0 amide bonds. The van der Waals surface area contributed by atoms with Crippen LogP contribution in [0, 0.1) is 11.8 Å². The summed E-state index contributed by atoms with van der Waals surface area (Å²) in [5, 5.41) is 0. The van der Waals surface area contributed by atoms with Gasteiger partial charge in [-0.2, -0.15) is 0 Å². The minimum Gasteiger partial charge on any atom is -0.330 e. The average molecular weight is 252 g/mol. The van der Waals surface area contributed by atoms with Crippen LogP contribution in [-0.4, -0.2) is 30.6 Å². The molecule has 2 nitrogen and oxygen atoms in total. The van der Waals surface area contributed by atoms with Crippen molar-refractivity contribution in [2.45, 2.75) is 70.8 Å². The number of likely N-dealkylation sites (tertiary alicyclic amines) is 1. The first-order chi connectivity index (χ1) is 8.83. The molecule has 1 saturated carbocycles. The molecule has 2 rings (SSSR count). The lowest BCUT2D eigenvalue weighted by atomic mass is 9.82. The Morgan fingerprint density at radius 2 is 1.78 bits per heavy atom. The Morgan fingerprint density at radius 3 is 2.44 bits per heavy atom. The summed E-state index contributed by atoms with van der Waals surface area (Å²) in [7, 11) is 0. The molecule has 1 unspecified atom stereocenters. The minimum absolute atomic E-state index is 0.877. The van der Waals surface area contributed by atoms with E-state index < -0.39 is 0 Å². The number of hydrogen-bond acceptors (Lipinski definition) is 2. The van der Waals surface area contributed by atoms with Crippen LogP contribution in [0.1, 0.15) is 64.7 Å². The van der Waals surface area contributed by atoms with Gasteiger partial charge in [-0.1, -0.05) is 19.8 Å². The quantitative estimate of drug-likeness (QED) is 0.812. The molecule has 1 atom stereocenters. The Bertz CT molecular complexity index is 219. The van der Waals surface area contributed by atoms with E-state index in [4.69, 9.17) is 5.73 Å². The highest BCUT2D eigenvalue weighted by Crippen LogP contribution is 2.32. The van der Waals surface area contributed by atoms with E-state index in [-0.39, 0.29) is 0 Å². The molecule has 2 aliphatic rings. The van der Waals surface area contributed by atoms with E-state index >= 15 is 0 Å². The zero-order valence-corrected chi connectivity index (χ0v) is 12.2. The second-order valence-electron chi connectivity index (χ2n) is 6.54. The van der Waals surface area contributed by atoms with Crippen molar-refractivity contribution in [3.63, 3.8) is 0 Å². The molecule has 0 radical (unpaired) electrons. The number of nitrogens with zero attached hydrogens (tertiary/aromatic N) is 1. The van der Waals surface area contributed by atoms with Crippen LogP contribution in [-0.2, 0) is 0 Å². The number of rotatable bonds is 5. The van der Waals surface area contributed by atoms with E-state index in [9.17, 15) is 0 Å². The molecule has 2 N–H and O–H groups in total. The van der Waals surface area contributed by atoms with E-state index in [1.54, 1.807) is 0 Å². The van der Waals surface area contributed by atoms with E-state index in [2.05, 4.69) is 11.8 Å². The minimum atomic E-state index is 0.877. The summed E-state index contributed by atoms with van der Waals surface area (Å²) in [6, 6.07) is 0.902. The Morgan fingerprint density at radius 1 is 1.00 bits per heavy atom. The van der Waals surface area contributed by atoms with Crippen molar-refractivity contribution in [1.82, 2.24) is 4.90 Å². The maximum absolute atomic E-state index is 5.72. The third kappa shape index (κ3) is 3.96. The van der Waals surface area contributed by atoms with Gasteiger partial charge in [0.1, 0.15) is 0 Å². The Hall–Kier alpha value is -0.0800. The van der Waals surface area contributed by atoms with Crippen LogP contribution >= 0.6 is 0 Å². The standard InChI is InChI=1S/C16H32N2/c1-2-4-14-6-8-16(9-7-14)18-12-3-5-15(13-18)10-11-17/h14-16H,2-13,17H2,1H3. The smallest absolute Gasteiger partial charge is 0.00955 e. The maximum Gasteiger partial charge on any atom is 0.00955 e. The van der Waals surface area contributed by atoms with E-state index in [0.29, 0.717) is 0 Å². The van der Waals surface area contributed by atoms with Gasteiger partial charge in [0.05, 0.1) is 0 Å². The largest absolute Gasteiger partial charge is 0.330 e. The fourth-order valence-electron chi connectivity index (χ4n) is 4.11. The van der Waals surface area contributed by atoms with Crippen molar-refractivity contribution in [3.8, 4) is 0 Å². The Labute approximate surface area is 113 Å². The average Bonchev–Trinajstić information content (AvgIpc) is 2.41. The molecule has 0 spiro atoms. The third-order valence-corrected chi connectivity index (χ3v) is 5.15. The van der Waals surface area contributed by atoms with Crippen LogP contribution < -0.4 is 5.73 Å². The molecule has 0 bridgehead atoms. The Kier molecular flexibility index (Phi) is 5.97. The fraction of sp³-hybridized carbons (Fsp3) is 1.00. The lowest BCUT2D eigenvalue weighted by molar-refractivity contribution is 0.0838. The van der Waals surface area contributed by atoms with E-state index in [0.717, 1.165) is 24.4 Å². The second-order valence-corrected chi connectivity index (χ2v) is 6.54. The summed E-state index contributed by atoms with van der Waals surface area (Å²) >= 11 is 0. The van der Waals surface area contributed by atoms with E-state index in [1.807, 2.05) is 0 Å². The van der Waals surface area contributed by atoms with Crippen LogP contribution in [0.3, 0.4) is 0 Å². The molecule has 2 fully saturated rings. The summed E-state index contributed by atoms with van der Waals surface area (Å²) in [5.74, 6) is 1.92. The third-order valence-electron chi connectivity index (χ3n) is 5.15. The number of hydrogen-bond donors (Lipinski definition) is 1. The zero-order chi connectivity index (χ0) is 12.8. The molecule has 0 aromatic rings. The highest BCUT2D eigenvalue weighted by Gasteiger charge is 2.28. The SMILES string of the molecule is CCCC1CCC(N2CCCC(CCN)C2)CC1. The predicted molar refractivity (Wildman–Crippen MR) is 78.6 cm³/mol. The molecular weight excluding hydrogens is 220 g/mol. The highest BCUT2D eigenvalue weighted by molar-refractivity contribution is 4.83. The fourth-order valence-corrected chi connectivity index (χ4v) is 4.11. The monoisotopic (exact) mass is 252 g/mol. The summed E-state index contributed by atoms with van der Waals surface area (Å²) in [5.41, 5.74) is 5.72. The van der Waals surface area contributed by atoms with Gasteiger partial charge >= 0.3 is 0 Å². The van der Waals surface area contributed by atoms with Gasteiger partial charge in [0.15, 0.2) is 0 Å².